The lowest BCUT2D eigenvalue weighted by Gasteiger charge is -2.31. The summed E-state index contributed by atoms with van der Waals surface area (Å²) < 4.78 is 0. The molecule has 1 heterocycles. The molecule has 0 aromatic heterocycles. The number of carbonyl (C=O) groups excluding carboxylic acids is 2. The number of hydrogen-bond acceptors (Lipinski definition) is 3. The van der Waals surface area contributed by atoms with Crippen molar-refractivity contribution in [1.82, 2.24) is 10.2 Å². The number of hydrogen-bond donors (Lipinski definition) is 2. The molecule has 0 atom stereocenters. The predicted molar refractivity (Wildman–Crippen MR) is 127 cm³/mol. The fourth-order valence-corrected chi connectivity index (χ4v) is 4.21. The van der Waals surface area contributed by atoms with E-state index in [9.17, 15) is 9.59 Å². The van der Waals surface area contributed by atoms with Crippen molar-refractivity contribution in [3.05, 3.63) is 63.6 Å². The van der Waals surface area contributed by atoms with Crippen LogP contribution >= 0.6 is 23.2 Å². The number of nitrogens with one attached hydrogen (secondary N) is 2. The molecule has 5 nitrogen and oxygen atoms in total. The van der Waals surface area contributed by atoms with Gasteiger partial charge in [-0.05, 0) is 62.2 Å². The molecule has 1 saturated heterocycles. The van der Waals surface area contributed by atoms with Gasteiger partial charge in [0.15, 0.2) is 0 Å². The Balaban J connectivity index is 1.54. The zero-order valence-corrected chi connectivity index (χ0v) is 19.3. The summed E-state index contributed by atoms with van der Waals surface area (Å²) in [6.45, 7) is 5.08. The monoisotopic (exact) mass is 461 g/mol. The van der Waals surface area contributed by atoms with E-state index in [0.717, 1.165) is 50.9 Å². The molecule has 0 bridgehead atoms. The van der Waals surface area contributed by atoms with Crippen molar-refractivity contribution < 1.29 is 9.59 Å². The molecule has 2 aromatic rings. The van der Waals surface area contributed by atoms with Gasteiger partial charge in [0.25, 0.3) is 5.91 Å². The molecule has 0 unspecified atom stereocenters. The van der Waals surface area contributed by atoms with Crippen molar-refractivity contribution >= 4 is 40.7 Å². The molecule has 1 fully saturated rings. The molecular formula is C24H29Cl2N3O2. The molecule has 1 aliphatic heterocycles. The second-order valence-corrected chi connectivity index (χ2v) is 8.77. The molecular weight excluding hydrogens is 433 g/mol. The molecule has 166 valence electrons. The molecule has 3 rings (SSSR count). The zero-order valence-electron chi connectivity index (χ0n) is 17.8. The van der Waals surface area contributed by atoms with Crippen molar-refractivity contribution in [2.24, 2.45) is 5.92 Å². The number of unbranched alkanes of at least 4 members (excludes halogenated alkanes) is 1. The number of anilines is 1. The zero-order chi connectivity index (χ0) is 22.2. The van der Waals surface area contributed by atoms with Gasteiger partial charge in [-0.25, -0.2) is 0 Å². The summed E-state index contributed by atoms with van der Waals surface area (Å²) in [4.78, 5) is 27.6. The van der Waals surface area contributed by atoms with Crippen LogP contribution in [-0.4, -0.2) is 36.3 Å². The van der Waals surface area contributed by atoms with E-state index in [1.54, 1.807) is 18.2 Å². The van der Waals surface area contributed by atoms with Crippen LogP contribution in [0.2, 0.25) is 10.0 Å². The lowest BCUT2D eigenvalue weighted by molar-refractivity contribution is -0.121. The average molecular weight is 462 g/mol. The van der Waals surface area contributed by atoms with E-state index in [2.05, 4.69) is 22.5 Å². The SMILES string of the molecule is CCCCNC(=O)c1ccccc1NC(=O)C1CCN(Cc2ccc(Cl)cc2Cl)CC1. The van der Waals surface area contributed by atoms with Crippen LogP contribution in [-0.2, 0) is 11.3 Å². The highest BCUT2D eigenvalue weighted by Crippen LogP contribution is 2.26. The Kier molecular flexibility index (Phi) is 8.76. The Morgan fingerprint density at radius 2 is 1.84 bits per heavy atom. The largest absolute Gasteiger partial charge is 0.352 e. The van der Waals surface area contributed by atoms with Crippen molar-refractivity contribution in [2.75, 3.05) is 25.0 Å². The molecule has 1 aliphatic rings. The fourth-order valence-electron chi connectivity index (χ4n) is 3.74. The Hall–Kier alpha value is -2.08. The number of carbonyl (C=O) groups is 2. The first-order chi connectivity index (χ1) is 15.0. The van der Waals surface area contributed by atoms with Crippen molar-refractivity contribution in [2.45, 2.75) is 39.2 Å². The van der Waals surface area contributed by atoms with Gasteiger partial charge in [0.1, 0.15) is 0 Å². The predicted octanol–water partition coefficient (Wildman–Crippen LogP) is 5.37. The second kappa shape index (κ2) is 11.5. The quantitative estimate of drug-likeness (QED) is 0.519. The van der Waals surface area contributed by atoms with Gasteiger partial charge in [-0.2, -0.15) is 0 Å². The van der Waals surface area contributed by atoms with Crippen LogP contribution in [0.4, 0.5) is 5.69 Å². The van der Waals surface area contributed by atoms with Crippen LogP contribution in [0, 0.1) is 5.92 Å². The highest BCUT2D eigenvalue weighted by atomic mass is 35.5. The van der Waals surface area contributed by atoms with Crippen LogP contribution < -0.4 is 10.6 Å². The van der Waals surface area contributed by atoms with E-state index in [0.29, 0.717) is 27.8 Å². The molecule has 31 heavy (non-hydrogen) atoms. The fraction of sp³-hybridized carbons (Fsp3) is 0.417. The minimum absolute atomic E-state index is 0.0296. The van der Waals surface area contributed by atoms with Gasteiger partial charge in [0, 0.05) is 29.1 Å². The lowest BCUT2D eigenvalue weighted by atomic mass is 9.95. The number of benzene rings is 2. The molecule has 2 amide bonds. The smallest absolute Gasteiger partial charge is 0.253 e. The second-order valence-electron chi connectivity index (χ2n) is 7.93. The highest BCUT2D eigenvalue weighted by molar-refractivity contribution is 6.35. The van der Waals surface area contributed by atoms with Gasteiger partial charge in [-0.3, -0.25) is 14.5 Å². The summed E-state index contributed by atoms with van der Waals surface area (Å²) in [5.41, 5.74) is 2.11. The lowest BCUT2D eigenvalue weighted by Crippen LogP contribution is -2.38. The van der Waals surface area contributed by atoms with Crippen LogP contribution in [0.1, 0.15) is 48.5 Å². The summed E-state index contributed by atoms with van der Waals surface area (Å²) in [6, 6.07) is 12.7. The van der Waals surface area contributed by atoms with Gasteiger partial charge in [0.05, 0.1) is 11.3 Å². The number of rotatable bonds is 8. The molecule has 0 aliphatic carbocycles. The number of nitrogens with zero attached hydrogens (tertiary/aromatic N) is 1. The van der Waals surface area contributed by atoms with E-state index >= 15 is 0 Å². The van der Waals surface area contributed by atoms with Gasteiger partial charge >= 0.3 is 0 Å². The standard InChI is InChI=1S/C24H29Cl2N3O2/c1-2-3-12-27-24(31)20-6-4-5-7-22(20)28-23(30)17-10-13-29(14-11-17)16-18-8-9-19(25)15-21(18)26/h4-9,15,17H,2-3,10-14,16H2,1H3,(H,27,31)(H,28,30). The first-order valence-electron chi connectivity index (χ1n) is 10.8. The van der Waals surface area contributed by atoms with E-state index in [-0.39, 0.29) is 17.7 Å². The number of likely N-dealkylation sites (tertiary alicyclic amines) is 1. The van der Waals surface area contributed by atoms with Crippen LogP contribution in [0.3, 0.4) is 0 Å². The molecule has 7 heteroatoms. The van der Waals surface area contributed by atoms with Gasteiger partial charge in [0.2, 0.25) is 5.91 Å². The Morgan fingerprint density at radius 3 is 2.55 bits per heavy atom. The van der Waals surface area contributed by atoms with E-state index < -0.39 is 0 Å². The minimum atomic E-state index is -0.154. The maximum atomic E-state index is 12.9. The Bertz CT molecular complexity index is 911. The van der Waals surface area contributed by atoms with E-state index in [1.807, 2.05) is 24.3 Å². The molecule has 2 N–H and O–H groups in total. The Morgan fingerprint density at radius 1 is 1.10 bits per heavy atom. The van der Waals surface area contributed by atoms with Crippen molar-refractivity contribution in [3.8, 4) is 0 Å². The summed E-state index contributed by atoms with van der Waals surface area (Å²) in [6.07, 6.45) is 3.48. The highest BCUT2D eigenvalue weighted by Gasteiger charge is 2.26. The van der Waals surface area contributed by atoms with Crippen molar-refractivity contribution in [3.63, 3.8) is 0 Å². The van der Waals surface area contributed by atoms with Gasteiger partial charge in [-0.1, -0.05) is 54.7 Å². The third kappa shape index (κ3) is 6.70. The number of para-hydroxylation sites is 1. The molecule has 0 spiro atoms. The summed E-state index contributed by atoms with van der Waals surface area (Å²) >= 11 is 12.3. The number of amides is 2. The molecule has 0 saturated carbocycles. The number of piperidine rings is 1. The molecule has 2 aromatic carbocycles. The normalized spacial score (nSPS) is 14.9. The maximum absolute atomic E-state index is 12.9. The van der Waals surface area contributed by atoms with E-state index in [4.69, 9.17) is 23.2 Å². The first kappa shape index (κ1) is 23.6. The topological polar surface area (TPSA) is 61.4 Å². The molecule has 0 radical (unpaired) electrons. The minimum Gasteiger partial charge on any atom is -0.352 e. The first-order valence-corrected chi connectivity index (χ1v) is 11.6. The van der Waals surface area contributed by atoms with Gasteiger partial charge < -0.3 is 10.6 Å². The average Bonchev–Trinajstić information content (AvgIpc) is 2.76. The maximum Gasteiger partial charge on any atom is 0.253 e. The summed E-state index contributed by atoms with van der Waals surface area (Å²) in [5, 5.41) is 7.19. The third-order valence-corrected chi connectivity index (χ3v) is 6.20. The van der Waals surface area contributed by atoms with Crippen LogP contribution in [0.5, 0.6) is 0 Å². The van der Waals surface area contributed by atoms with Crippen LogP contribution in [0.15, 0.2) is 42.5 Å². The van der Waals surface area contributed by atoms with Crippen molar-refractivity contribution in [1.29, 1.82) is 0 Å². The Labute approximate surface area is 194 Å². The summed E-state index contributed by atoms with van der Waals surface area (Å²) in [5.74, 6) is -0.259. The van der Waals surface area contributed by atoms with Gasteiger partial charge in [-0.15, -0.1) is 0 Å². The third-order valence-electron chi connectivity index (χ3n) is 5.61. The summed E-state index contributed by atoms with van der Waals surface area (Å²) in [7, 11) is 0. The van der Waals surface area contributed by atoms with E-state index in [1.165, 1.54) is 0 Å². The van der Waals surface area contributed by atoms with Crippen LogP contribution in [0.25, 0.3) is 0 Å². The number of halogens is 2.